The molecule has 16 heavy (non-hydrogen) atoms. The lowest BCUT2D eigenvalue weighted by Gasteiger charge is -2.33. The fourth-order valence-electron chi connectivity index (χ4n) is 1.24. The fourth-order valence-corrected chi connectivity index (χ4v) is 1.95. The number of hydrogen-bond acceptors (Lipinski definition) is 4. The highest BCUT2D eigenvalue weighted by Gasteiger charge is 2.21. The summed E-state index contributed by atoms with van der Waals surface area (Å²) >= 11 is 1.71. The average molecular weight is 241 g/mol. The molecule has 0 fully saturated rings. The van der Waals surface area contributed by atoms with Crippen molar-refractivity contribution in [2.75, 3.05) is 20.6 Å². The summed E-state index contributed by atoms with van der Waals surface area (Å²) in [4.78, 5) is 6.73. The molecule has 1 rings (SSSR count). The van der Waals surface area contributed by atoms with E-state index in [-0.39, 0.29) is 5.54 Å². The maximum Gasteiger partial charge on any atom is 0.0898 e. The van der Waals surface area contributed by atoms with Gasteiger partial charge in [0, 0.05) is 23.5 Å². The Balaban J connectivity index is 2.50. The van der Waals surface area contributed by atoms with Crippen molar-refractivity contribution in [2.24, 2.45) is 0 Å². The molecule has 1 aromatic rings. The van der Waals surface area contributed by atoms with Crippen LogP contribution in [-0.2, 0) is 0 Å². The van der Waals surface area contributed by atoms with E-state index in [2.05, 4.69) is 55.4 Å². The topological polar surface area (TPSA) is 28.2 Å². The van der Waals surface area contributed by atoms with Gasteiger partial charge in [0.2, 0.25) is 0 Å². The fraction of sp³-hybridized carbons (Fsp3) is 0.750. The Labute approximate surface area is 103 Å². The predicted molar refractivity (Wildman–Crippen MR) is 71.0 cm³/mol. The van der Waals surface area contributed by atoms with Gasteiger partial charge in [0.15, 0.2) is 0 Å². The second kappa shape index (κ2) is 5.25. The van der Waals surface area contributed by atoms with Gasteiger partial charge in [0.05, 0.1) is 10.7 Å². The van der Waals surface area contributed by atoms with Crippen LogP contribution in [0.2, 0.25) is 0 Å². The zero-order chi connectivity index (χ0) is 12.3. The molecule has 1 atom stereocenters. The maximum atomic E-state index is 4.50. The minimum absolute atomic E-state index is 0.166. The van der Waals surface area contributed by atoms with Crippen LogP contribution in [0.4, 0.5) is 0 Å². The standard InChI is InChI=1S/C12H23N3S/c1-9(11-7-16-10(2)14-11)13-8-12(3,4)15(5)6/h7,9,13H,8H2,1-6H3. The summed E-state index contributed by atoms with van der Waals surface area (Å²) in [5.41, 5.74) is 1.32. The minimum Gasteiger partial charge on any atom is -0.307 e. The van der Waals surface area contributed by atoms with Crippen LogP contribution in [-0.4, -0.2) is 36.1 Å². The molecule has 0 radical (unpaired) electrons. The summed E-state index contributed by atoms with van der Waals surface area (Å²) in [6, 6.07) is 0.323. The lowest BCUT2D eigenvalue weighted by atomic mass is 10.0. The van der Waals surface area contributed by atoms with Crippen LogP contribution >= 0.6 is 11.3 Å². The van der Waals surface area contributed by atoms with Crippen molar-refractivity contribution in [1.29, 1.82) is 0 Å². The predicted octanol–water partition coefficient (Wildman–Crippen LogP) is 2.44. The van der Waals surface area contributed by atoms with E-state index in [1.165, 1.54) is 0 Å². The van der Waals surface area contributed by atoms with Gasteiger partial charge in [-0.25, -0.2) is 4.98 Å². The van der Waals surface area contributed by atoms with Gasteiger partial charge in [-0.3, -0.25) is 0 Å². The average Bonchev–Trinajstić information content (AvgIpc) is 2.61. The van der Waals surface area contributed by atoms with Gasteiger partial charge in [-0.1, -0.05) is 0 Å². The molecule has 0 aliphatic rings. The van der Waals surface area contributed by atoms with Crippen LogP contribution in [0.15, 0.2) is 5.38 Å². The van der Waals surface area contributed by atoms with Crippen molar-refractivity contribution in [3.05, 3.63) is 16.1 Å². The molecular weight excluding hydrogens is 218 g/mol. The van der Waals surface area contributed by atoms with Gasteiger partial charge >= 0.3 is 0 Å². The van der Waals surface area contributed by atoms with Crippen molar-refractivity contribution in [3.63, 3.8) is 0 Å². The molecular formula is C12H23N3S. The highest BCUT2D eigenvalue weighted by atomic mass is 32.1. The smallest absolute Gasteiger partial charge is 0.0898 e. The number of aryl methyl sites for hydroxylation is 1. The molecule has 1 unspecified atom stereocenters. The zero-order valence-corrected chi connectivity index (χ0v) is 12.0. The van der Waals surface area contributed by atoms with Crippen molar-refractivity contribution in [3.8, 4) is 0 Å². The van der Waals surface area contributed by atoms with Crippen LogP contribution in [0.1, 0.15) is 37.5 Å². The first kappa shape index (κ1) is 13.6. The second-order valence-corrected chi connectivity index (χ2v) is 6.16. The van der Waals surface area contributed by atoms with Crippen molar-refractivity contribution < 1.29 is 0 Å². The number of aromatic nitrogens is 1. The van der Waals surface area contributed by atoms with E-state index in [1.807, 2.05) is 6.92 Å². The minimum atomic E-state index is 0.166. The van der Waals surface area contributed by atoms with E-state index >= 15 is 0 Å². The summed E-state index contributed by atoms with van der Waals surface area (Å²) in [5, 5.41) is 6.81. The Morgan fingerprint density at radius 2 is 2.12 bits per heavy atom. The lowest BCUT2D eigenvalue weighted by molar-refractivity contribution is 0.185. The van der Waals surface area contributed by atoms with Crippen LogP contribution in [0.3, 0.4) is 0 Å². The van der Waals surface area contributed by atoms with Crippen molar-refractivity contribution in [1.82, 2.24) is 15.2 Å². The molecule has 1 heterocycles. The van der Waals surface area contributed by atoms with Gasteiger partial charge in [-0.2, -0.15) is 0 Å². The largest absolute Gasteiger partial charge is 0.307 e. The molecule has 0 saturated carbocycles. The summed E-state index contributed by atoms with van der Waals surface area (Å²) in [6.45, 7) is 9.64. The third-order valence-corrected chi connectivity index (χ3v) is 3.92. The van der Waals surface area contributed by atoms with E-state index in [0.717, 1.165) is 17.2 Å². The monoisotopic (exact) mass is 241 g/mol. The normalized spacial score (nSPS) is 14.4. The summed E-state index contributed by atoms with van der Waals surface area (Å²) < 4.78 is 0. The van der Waals surface area contributed by atoms with E-state index in [4.69, 9.17) is 0 Å². The first-order valence-corrected chi connectivity index (χ1v) is 6.54. The van der Waals surface area contributed by atoms with Crippen molar-refractivity contribution in [2.45, 2.75) is 39.3 Å². The first-order valence-electron chi connectivity index (χ1n) is 5.66. The molecule has 0 aromatic carbocycles. The molecule has 1 aromatic heterocycles. The second-order valence-electron chi connectivity index (χ2n) is 5.10. The van der Waals surface area contributed by atoms with E-state index in [0.29, 0.717) is 6.04 Å². The number of hydrogen-bond donors (Lipinski definition) is 1. The SMILES string of the molecule is Cc1nc(C(C)NCC(C)(C)N(C)C)cs1. The van der Waals surface area contributed by atoms with Gasteiger partial charge in [-0.15, -0.1) is 11.3 Å². The van der Waals surface area contributed by atoms with Crippen LogP contribution in [0.25, 0.3) is 0 Å². The summed E-state index contributed by atoms with van der Waals surface area (Å²) in [5.74, 6) is 0. The quantitative estimate of drug-likeness (QED) is 0.858. The molecule has 0 spiro atoms. The Morgan fingerprint density at radius 1 is 1.50 bits per heavy atom. The highest BCUT2D eigenvalue weighted by molar-refractivity contribution is 7.09. The van der Waals surface area contributed by atoms with Gasteiger partial charge < -0.3 is 10.2 Å². The lowest BCUT2D eigenvalue weighted by Crippen LogP contribution is -2.47. The van der Waals surface area contributed by atoms with Gasteiger partial charge in [0.25, 0.3) is 0 Å². The van der Waals surface area contributed by atoms with Crippen LogP contribution in [0.5, 0.6) is 0 Å². The molecule has 4 heteroatoms. The molecule has 0 aliphatic carbocycles. The number of rotatable bonds is 5. The van der Waals surface area contributed by atoms with Gasteiger partial charge in [-0.05, 0) is 41.8 Å². The molecule has 92 valence electrons. The van der Waals surface area contributed by atoms with E-state index < -0.39 is 0 Å². The first-order chi connectivity index (χ1) is 7.33. The maximum absolute atomic E-state index is 4.50. The van der Waals surface area contributed by atoms with Crippen LogP contribution in [0, 0.1) is 6.92 Å². The van der Waals surface area contributed by atoms with Gasteiger partial charge in [0.1, 0.15) is 0 Å². The zero-order valence-electron chi connectivity index (χ0n) is 11.2. The molecule has 0 amide bonds. The number of nitrogens with one attached hydrogen (secondary N) is 1. The van der Waals surface area contributed by atoms with E-state index in [1.54, 1.807) is 11.3 Å². The van der Waals surface area contributed by atoms with Crippen LogP contribution < -0.4 is 5.32 Å². The third kappa shape index (κ3) is 3.54. The summed E-state index contributed by atoms with van der Waals surface area (Å²) in [7, 11) is 4.22. The molecule has 3 nitrogen and oxygen atoms in total. The van der Waals surface area contributed by atoms with E-state index in [9.17, 15) is 0 Å². The Hall–Kier alpha value is -0.450. The molecule has 1 N–H and O–H groups in total. The Morgan fingerprint density at radius 3 is 2.56 bits per heavy atom. The molecule has 0 saturated heterocycles. The molecule has 0 aliphatic heterocycles. The highest BCUT2D eigenvalue weighted by Crippen LogP contribution is 2.17. The summed E-state index contributed by atoms with van der Waals surface area (Å²) in [6.07, 6.45) is 0. The molecule has 0 bridgehead atoms. The third-order valence-electron chi connectivity index (χ3n) is 3.13. The van der Waals surface area contributed by atoms with Crippen molar-refractivity contribution >= 4 is 11.3 Å². The number of likely N-dealkylation sites (N-methyl/N-ethyl adjacent to an activating group) is 1. The number of thiazole rings is 1. The Bertz CT molecular complexity index is 331. The number of nitrogens with zero attached hydrogens (tertiary/aromatic N) is 2. The Kier molecular flexibility index (Phi) is 4.47.